The lowest BCUT2D eigenvalue weighted by atomic mass is 10.1. The lowest BCUT2D eigenvalue weighted by Gasteiger charge is -2.21. The summed E-state index contributed by atoms with van der Waals surface area (Å²) in [5.74, 6) is 1.57. The van der Waals surface area contributed by atoms with Gasteiger partial charge in [-0.25, -0.2) is 19.4 Å². The molecule has 3 heterocycles. The molecule has 138 valence electrons. The third-order valence-corrected chi connectivity index (χ3v) is 4.98. The van der Waals surface area contributed by atoms with E-state index in [9.17, 15) is 4.79 Å². The predicted molar refractivity (Wildman–Crippen MR) is 103 cm³/mol. The summed E-state index contributed by atoms with van der Waals surface area (Å²) in [4.78, 5) is 27.5. The molecule has 1 N–H and O–H groups in total. The van der Waals surface area contributed by atoms with E-state index >= 15 is 0 Å². The number of aromatic amines is 1. The number of rotatable bonds is 4. The van der Waals surface area contributed by atoms with Crippen LogP contribution >= 0.6 is 11.3 Å². The molecule has 3 aromatic heterocycles. The zero-order chi connectivity index (χ0) is 19.1. The van der Waals surface area contributed by atoms with E-state index in [1.165, 1.54) is 0 Å². The number of hydrogen-bond donors (Lipinski definition) is 1. The van der Waals surface area contributed by atoms with Gasteiger partial charge in [-0.3, -0.25) is 0 Å². The molecule has 0 saturated heterocycles. The van der Waals surface area contributed by atoms with Crippen molar-refractivity contribution in [3.8, 4) is 11.5 Å². The van der Waals surface area contributed by atoms with Gasteiger partial charge in [0.1, 0.15) is 11.5 Å². The van der Waals surface area contributed by atoms with Gasteiger partial charge < -0.3 is 4.98 Å². The summed E-state index contributed by atoms with van der Waals surface area (Å²) in [5.41, 5.74) is 3.01. The van der Waals surface area contributed by atoms with Gasteiger partial charge in [-0.05, 0) is 53.5 Å². The van der Waals surface area contributed by atoms with Crippen molar-refractivity contribution in [2.24, 2.45) is 0 Å². The van der Waals surface area contributed by atoms with Gasteiger partial charge in [0.15, 0.2) is 0 Å². The zero-order valence-electron chi connectivity index (χ0n) is 16.0. The van der Waals surface area contributed by atoms with Gasteiger partial charge in [0.05, 0.1) is 10.5 Å². The molecule has 0 atom stereocenters. The Balaban J connectivity index is 1.94. The molecule has 0 spiro atoms. The first-order valence-electron chi connectivity index (χ1n) is 8.60. The van der Waals surface area contributed by atoms with E-state index in [4.69, 9.17) is 10.1 Å². The maximum Gasteiger partial charge on any atom is 0.345 e. The standard InChI is InChI=1S/C18H24N6OS/c1-10-13(11(2)20-17(25)19-10)7-8-15-22-16(14-9-26-12(3)21-14)23-24(15)18(4,5)6/h9H,7-8H2,1-6H3,(H,19,20,25). The van der Waals surface area contributed by atoms with E-state index in [0.29, 0.717) is 12.2 Å². The summed E-state index contributed by atoms with van der Waals surface area (Å²) in [6.45, 7) is 12.1. The van der Waals surface area contributed by atoms with Crippen LogP contribution in [0.3, 0.4) is 0 Å². The fourth-order valence-corrected chi connectivity index (χ4v) is 3.57. The highest BCUT2D eigenvalue weighted by molar-refractivity contribution is 7.09. The monoisotopic (exact) mass is 372 g/mol. The molecule has 8 heteroatoms. The van der Waals surface area contributed by atoms with Crippen LogP contribution in [-0.4, -0.2) is 29.7 Å². The number of hydrogen-bond acceptors (Lipinski definition) is 6. The van der Waals surface area contributed by atoms with E-state index in [0.717, 1.165) is 39.9 Å². The lowest BCUT2D eigenvalue weighted by Crippen LogP contribution is -2.26. The first kappa shape index (κ1) is 18.4. The maximum absolute atomic E-state index is 11.5. The van der Waals surface area contributed by atoms with Gasteiger partial charge in [0.25, 0.3) is 0 Å². The average molecular weight is 372 g/mol. The molecule has 0 saturated carbocycles. The Labute approximate surface area is 156 Å². The van der Waals surface area contributed by atoms with Crippen molar-refractivity contribution >= 4 is 11.3 Å². The second-order valence-corrected chi connectivity index (χ2v) is 8.48. The molecule has 0 fully saturated rings. The van der Waals surface area contributed by atoms with Crippen LogP contribution in [0.15, 0.2) is 10.2 Å². The molecule has 0 aromatic carbocycles. The minimum atomic E-state index is -0.303. The van der Waals surface area contributed by atoms with Crippen LogP contribution < -0.4 is 5.69 Å². The predicted octanol–water partition coefficient (Wildman–Crippen LogP) is 2.95. The maximum atomic E-state index is 11.5. The Bertz CT molecular complexity index is 966. The minimum absolute atomic E-state index is 0.182. The number of H-pyrrole nitrogens is 1. The van der Waals surface area contributed by atoms with Crippen LogP contribution in [0.4, 0.5) is 0 Å². The van der Waals surface area contributed by atoms with Crippen molar-refractivity contribution in [1.82, 2.24) is 29.7 Å². The van der Waals surface area contributed by atoms with Crippen molar-refractivity contribution in [2.45, 2.75) is 59.9 Å². The number of aromatic nitrogens is 6. The lowest BCUT2D eigenvalue weighted by molar-refractivity contribution is 0.341. The second-order valence-electron chi connectivity index (χ2n) is 7.42. The van der Waals surface area contributed by atoms with Gasteiger partial charge in [0, 0.05) is 23.2 Å². The molecule has 3 aromatic rings. The summed E-state index contributed by atoms with van der Waals surface area (Å²) in [6.07, 6.45) is 1.45. The molecule has 0 aliphatic carbocycles. The van der Waals surface area contributed by atoms with E-state index in [-0.39, 0.29) is 11.2 Å². The van der Waals surface area contributed by atoms with Crippen LogP contribution in [0.1, 0.15) is 48.6 Å². The molecule has 0 unspecified atom stereocenters. The highest BCUT2D eigenvalue weighted by Crippen LogP contribution is 2.23. The summed E-state index contributed by atoms with van der Waals surface area (Å²) < 4.78 is 1.97. The van der Waals surface area contributed by atoms with Gasteiger partial charge in [-0.1, -0.05) is 0 Å². The van der Waals surface area contributed by atoms with Crippen LogP contribution in [0.2, 0.25) is 0 Å². The molecular formula is C18H24N6OS. The molecule has 0 radical (unpaired) electrons. The fourth-order valence-electron chi connectivity index (χ4n) is 2.98. The summed E-state index contributed by atoms with van der Waals surface area (Å²) >= 11 is 1.59. The largest absolute Gasteiger partial charge is 0.345 e. The Morgan fingerprint density at radius 2 is 1.85 bits per heavy atom. The molecule has 26 heavy (non-hydrogen) atoms. The van der Waals surface area contributed by atoms with Crippen LogP contribution in [-0.2, 0) is 18.4 Å². The Kier molecular flexibility index (Phi) is 4.79. The molecule has 0 bridgehead atoms. The number of thiazole rings is 1. The van der Waals surface area contributed by atoms with Crippen molar-refractivity contribution < 1.29 is 0 Å². The van der Waals surface area contributed by atoms with Gasteiger partial charge in [-0.2, -0.15) is 4.98 Å². The van der Waals surface area contributed by atoms with Crippen molar-refractivity contribution in [3.05, 3.63) is 43.6 Å². The van der Waals surface area contributed by atoms with E-state index in [1.54, 1.807) is 11.3 Å². The molecule has 7 nitrogen and oxygen atoms in total. The van der Waals surface area contributed by atoms with Crippen molar-refractivity contribution in [1.29, 1.82) is 0 Å². The Hall–Kier alpha value is -2.35. The Morgan fingerprint density at radius 1 is 1.12 bits per heavy atom. The highest BCUT2D eigenvalue weighted by Gasteiger charge is 2.22. The smallest absolute Gasteiger partial charge is 0.310 e. The SMILES string of the molecule is Cc1nc(-c2nc(CCc3c(C)nc(=O)[nH]c3C)n(C(C)(C)C)n2)cs1. The fraction of sp³-hybridized carbons (Fsp3) is 0.500. The molecule has 0 amide bonds. The minimum Gasteiger partial charge on any atom is -0.310 e. The first-order chi connectivity index (χ1) is 12.1. The topological polar surface area (TPSA) is 89.4 Å². The summed E-state index contributed by atoms with van der Waals surface area (Å²) in [7, 11) is 0. The van der Waals surface area contributed by atoms with Crippen molar-refractivity contribution in [3.63, 3.8) is 0 Å². The molecule has 0 aliphatic rings. The van der Waals surface area contributed by atoms with Crippen LogP contribution in [0.25, 0.3) is 11.5 Å². The normalized spacial score (nSPS) is 11.9. The third kappa shape index (κ3) is 3.75. The number of aryl methyl sites for hydroxylation is 4. The number of nitrogens with one attached hydrogen (secondary N) is 1. The van der Waals surface area contributed by atoms with Gasteiger partial charge >= 0.3 is 5.69 Å². The van der Waals surface area contributed by atoms with Crippen LogP contribution in [0.5, 0.6) is 0 Å². The zero-order valence-corrected chi connectivity index (χ0v) is 16.9. The summed E-state index contributed by atoms with van der Waals surface area (Å²) in [6, 6.07) is 0. The molecule has 0 aliphatic heterocycles. The van der Waals surface area contributed by atoms with Crippen molar-refractivity contribution in [2.75, 3.05) is 0 Å². The van der Waals surface area contributed by atoms with E-state index in [1.807, 2.05) is 30.8 Å². The van der Waals surface area contributed by atoms with E-state index in [2.05, 4.69) is 35.7 Å². The quantitative estimate of drug-likeness (QED) is 0.760. The average Bonchev–Trinajstić information content (AvgIpc) is 3.12. The second kappa shape index (κ2) is 6.75. The Morgan fingerprint density at radius 3 is 2.42 bits per heavy atom. The van der Waals surface area contributed by atoms with Gasteiger partial charge in [-0.15, -0.1) is 16.4 Å². The highest BCUT2D eigenvalue weighted by atomic mass is 32.1. The van der Waals surface area contributed by atoms with E-state index < -0.39 is 0 Å². The number of nitrogens with zero attached hydrogens (tertiary/aromatic N) is 5. The van der Waals surface area contributed by atoms with Gasteiger partial charge in [0.2, 0.25) is 5.82 Å². The molecule has 3 rings (SSSR count). The summed E-state index contributed by atoms with van der Waals surface area (Å²) in [5, 5.41) is 7.70. The third-order valence-electron chi connectivity index (χ3n) is 4.21. The molecular weight excluding hydrogens is 348 g/mol. The van der Waals surface area contributed by atoms with Crippen LogP contribution in [0, 0.1) is 20.8 Å². The first-order valence-corrected chi connectivity index (χ1v) is 9.48.